The van der Waals surface area contributed by atoms with E-state index in [9.17, 15) is 9.18 Å². The Kier molecular flexibility index (Phi) is 2.37. The van der Waals surface area contributed by atoms with Crippen LogP contribution in [0.2, 0.25) is 0 Å². The third-order valence-corrected chi connectivity index (χ3v) is 2.29. The Morgan fingerprint density at radius 1 is 1.27 bits per heavy atom. The van der Waals surface area contributed by atoms with Crippen molar-refractivity contribution in [3.8, 4) is 5.69 Å². The Labute approximate surface area is 87.0 Å². The molecular formula is C12H10FNO. The number of benzene rings is 1. The summed E-state index contributed by atoms with van der Waals surface area (Å²) >= 11 is 0. The van der Waals surface area contributed by atoms with Gasteiger partial charge >= 0.3 is 0 Å². The molecular weight excluding hydrogens is 193 g/mol. The van der Waals surface area contributed by atoms with Crippen molar-refractivity contribution < 1.29 is 9.18 Å². The van der Waals surface area contributed by atoms with Crippen LogP contribution in [0.1, 0.15) is 16.2 Å². The van der Waals surface area contributed by atoms with E-state index in [0.717, 1.165) is 12.0 Å². The number of aryl methyl sites for hydroxylation is 1. The first-order valence-electron chi connectivity index (χ1n) is 4.62. The summed E-state index contributed by atoms with van der Waals surface area (Å²) in [5.41, 5.74) is 2.10. The molecule has 76 valence electrons. The number of halogens is 1. The van der Waals surface area contributed by atoms with Crippen molar-refractivity contribution in [2.45, 2.75) is 6.92 Å². The van der Waals surface area contributed by atoms with Crippen molar-refractivity contribution in [3.63, 3.8) is 0 Å². The molecule has 0 spiro atoms. The molecule has 2 nitrogen and oxygen atoms in total. The van der Waals surface area contributed by atoms with Crippen molar-refractivity contribution in [1.29, 1.82) is 0 Å². The minimum Gasteiger partial charge on any atom is -0.311 e. The average Bonchev–Trinajstić information content (AvgIpc) is 2.59. The van der Waals surface area contributed by atoms with E-state index in [1.165, 1.54) is 12.1 Å². The minimum absolute atomic E-state index is 0.308. The van der Waals surface area contributed by atoms with Gasteiger partial charge in [0.1, 0.15) is 5.82 Å². The molecule has 0 bridgehead atoms. The standard InChI is InChI=1S/C12H10FNO/c1-9-5-6-12(8-15)14(9)11-4-2-3-10(13)7-11/h2-8H,1H3. The second kappa shape index (κ2) is 3.69. The maximum atomic E-state index is 13.0. The van der Waals surface area contributed by atoms with Crippen molar-refractivity contribution in [2.24, 2.45) is 0 Å². The molecule has 15 heavy (non-hydrogen) atoms. The van der Waals surface area contributed by atoms with Crippen LogP contribution in [0.3, 0.4) is 0 Å². The SMILES string of the molecule is Cc1ccc(C=O)n1-c1cccc(F)c1. The van der Waals surface area contributed by atoms with Gasteiger partial charge in [-0.25, -0.2) is 4.39 Å². The zero-order chi connectivity index (χ0) is 10.8. The van der Waals surface area contributed by atoms with Crippen molar-refractivity contribution in [2.75, 3.05) is 0 Å². The zero-order valence-electron chi connectivity index (χ0n) is 8.27. The van der Waals surface area contributed by atoms with Crippen LogP contribution in [0.5, 0.6) is 0 Å². The summed E-state index contributed by atoms with van der Waals surface area (Å²) < 4.78 is 14.7. The minimum atomic E-state index is -0.308. The predicted molar refractivity (Wildman–Crippen MR) is 55.9 cm³/mol. The van der Waals surface area contributed by atoms with E-state index in [1.807, 2.05) is 13.0 Å². The van der Waals surface area contributed by atoms with Gasteiger partial charge in [0, 0.05) is 11.4 Å². The van der Waals surface area contributed by atoms with Gasteiger partial charge in [-0.05, 0) is 37.3 Å². The van der Waals surface area contributed by atoms with Gasteiger partial charge in [0.05, 0.1) is 5.69 Å². The molecule has 1 aromatic heterocycles. The van der Waals surface area contributed by atoms with Gasteiger partial charge < -0.3 is 4.57 Å². The summed E-state index contributed by atoms with van der Waals surface area (Å²) in [6.07, 6.45) is 0.762. The molecule has 3 heteroatoms. The molecule has 1 heterocycles. The fourth-order valence-electron chi connectivity index (χ4n) is 1.62. The quantitative estimate of drug-likeness (QED) is 0.688. The topological polar surface area (TPSA) is 22.0 Å². The first kappa shape index (κ1) is 9.65. The molecule has 1 aromatic carbocycles. The van der Waals surface area contributed by atoms with E-state index in [0.29, 0.717) is 11.4 Å². The van der Waals surface area contributed by atoms with Crippen LogP contribution in [-0.2, 0) is 0 Å². The highest BCUT2D eigenvalue weighted by Gasteiger charge is 2.06. The smallest absolute Gasteiger partial charge is 0.166 e. The number of rotatable bonds is 2. The third-order valence-electron chi connectivity index (χ3n) is 2.29. The number of aldehydes is 1. The zero-order valence-corrected chi connectivity index (χ0v) is 8.27. The monoisotopic (exact) mass is 203 g/mol. The van der Waals surface area contributed by atoms with E-state index >= 15 is 0 Å². The molecule has 0 atom stereocenters. The lowest BCUT2D eigenvalue weighted by Gasteiger charge is -2.08. The summed E-state index contributed by atoms with van der Waals surface area (Å²) in [6, 6.07) is 9.71. The fraction of sp³-hybridized carbons (Fsp3) is 0.0833. The van der Waals surface area contributed by atoms with Crippen LogP contribution < -0.4 is 0 Å². The van der Waals surface area contributed by atoms with Gasteiger partial charge in [0.2, 0.25) is 0 Å². The molecule has 0 aliphatic rings. The Morgan fingerprint density at radius 2 is 2.07 bits per heavy atom. The normalized spacial score (nSPS) is 10.3. The molecule has 0 saturated heterocycles. The third kappa shape index (κ3) is 1.68. The van der Waals surface area contributed by atoms with E-state index in [1.54, 1.807) is 22.8 Å². The maximum Gasteiger partial charge on any atom is 0.166 e. The van der Waals surface area contributed by atoms with Gasteiger partial charge in [-0.2, -0.15) is 0 Å². The van der Waals surface area contributed by atoms with E-state index < -0.39 is 0 Å². The molecule has 0 aliphatic heterocycles. The van der Waals surface area contributed by atoms with Gasteiger partial charge in [0.15, 0.2) is 6.29 Å². The molecule has 0 amide bonds. The van der Waals surface area contributed by atoms with Crippen molar-refractivity contribution in [3.05, 3.63) is 53.6 Å². The summed E-state index contributed by atoms with van der Waals surface area (Å²) in [6.45, 7) is 1.87. The number of hydrogen-bond acceptors (Lipinski definition) is 1. The van der Waals surface area contributed by atoms with Crippen LogP contribution in [0.15, 0.2) is 36.4 Å². The van der Waals surface area contributed by atoms with E-state index in [4.69, 9.17) is 0 Å². The Balaban J connectivity index is 2.62. The lowest BCUT2D eigenvalue weighted by Crippen LogP contribution is -2.01. The Bertz CT molecular complexity index is 502. The second-order valence-corrected chi connectivity index (χ2v) is 3.33. The van der Waals surface area contributed by atoms with E-state index in [2.05, 4.69) is 0 Å². The van der Waals surface area contributed by atoms with Crippen LogP contribution >= 0.6 is 0 Å². The molecule has 0 N–H and O–H groups in total. The van der Waals surface area contributed by atoms with E-state index in [-0.39, 0.29) is 5.82 Å². The second-order valence-electron chi connectivity index (χ2n) is 3.33. The highest BCUT2D eigenvalue weighted by atomic mass is 19.1. The number of nitrogens with zero attached hydrogens (tertiary/aromatic N) is 1. The fourth-order valence-corrected chi connectivity index (χ4v) is 1.62. The first-order valence-corrected chi connectivity index (χ1v) is 4.62. The molecule has 0 fully saturated rings. The molecule has 2 aromatic rings. The van der Waals surface area contributed by atoms with Crippen LogP contribution in [0, 0.1) is 12.7 Å². The average molecular weight is 203 g/mol. The lowest BCUT2D eigenvalue weighted by atomic mass is 10.3. The number of aromatic nitrogens is 1. The van der Waals surface area contributed by atoms with Gasteiger partial charge in [-0.15, -0.1) is 0 Å². The summed E-state index contributed by atoms with van der Waals surface area (Å²) in [4.78, 5) is 10.8. The highest BCUT2D eigenvalue weighted by Crippen LogP contribution is 2.16. The highest BCUT2D eigenvalue weighted by molar-refractivity contribution is 5.74. The van der Waals surface area contributed by atoms with Crippen LogP contribution in [-0.4, -0.2) is 10.9 Å². The van der Waals surface area contributed by atoms with Crippen LogP contribution in [0.25, 0.3) is 5.69 Å². The molecule has 0 radical (unpaired) electrons. The van der Waals surface area contributed by atoms with Gasteiger partial charge in [0.25, 0.3) is 0 Å². The molecule has 2 rings (SSSR count). The summed E-state index contributed by atoms with van der Waals surface area (Å²) in [5.74, 6) is -0.308. The Morgan fingerprint density at radius 3 is 2.73 bits per heavy atom. The number of carbonyl (C=O) groups excluding carboxylic acids is 1. The Hall–Kier alpha value is -1.90. The van der Waals surface area contributed by atoms with Gasteiger partial charge in [-0.3, -0.25) is 4.79 Å². The predicted octanol–water partition coefficient (Wildman–Crippen LogP) is 2.74. The largest absolute Gasteiger partial charge is 0.311 e. The molecule has 0 unspecified atom stereocenters. The molecule has 0 aliphatic carbocycles. The number of hydrogen-bond donors (Lipinski definition) is 0. The molecule has 0 saturated carbocycles. The van der Waals surface area contributed by atoms with Crippen molar-refractivity contribution in [1.82, 2.24) is 4.57 Å². The summed E-state index contributed by atoms with van der Waals surface area (Å²) in [7, 11) is 0. The van der Waals surface area contributed by atoms with Crippen LogP contribution in [0.4, 0.5) is 4.39 Å². The van der Waals surface area contributed by atoms with Crippen molar-refractivity contribution >= 4 is 6.29 Å². The lowest BCUT2D eigenvalue weighted by molar-refractivity contribution is 0.111. The summed E-state index contributed by atoms with van der Waals surface area (Å²) in [5, 5.41) is 0. The first-order chi connectivity index (χ1) is 7.22. The number of carbonyl (C=O) groups is 1. The maximum absolute atomic E-state index is 13.0. The van der Waals surface area contributed by atoms with Gasteiger partial charge in [-0.1, -0.05) is 6.07 Å².